The van der Waals surface area contributed by atoms with E-state index in [9.17, 15) is 8.42 Å². The van der Waals surface area contributed by atoms with Crippen LogP contribution in [-0.2, 0) is 9.84 Å². The average molecular weight is 178 g/mol. The highest BCUT2D eigenvalue weighted by atomic mass is 32.2. The van der Waals surface area contributed by atoms with Crippen LogP contribution in [0.3, 0.4) is 0 Å². The molecule has 0 heterocycles. The number of rotatable bonds is 6. The summed E-state index contributed by atoms with van der Waals surface area (Å²) in [5.74, 6) is 0.270. The lowest BCUT2D eigenvalue weighted by Crippen LogP contribution is -2.09. The number of unbranched alkanes of at least 4 members (excludes halogenated alkanes) is 2. The minimum absolute atomic E-state index is 0.00955. The molecule has 0 saturated heterocycles. The lowest BCUT2D eigenvalue weighted by atomic mass is 10.2. The van der Waals surface area contributed by atoms with Gasteiger partial charge in [-0.2, -0.15) is 0 Å². The van der Waals surface area contributed by atoms with Crippen molar-refractivity contribution in [2.24, 2.45) is 5.73 Å². The van der Waals surface area contributed by atoms with Crippen molar-refractivity contribution < 1.29 is 8.42 Å². The Labute approximate surface area is 68.9 Å². The van der Waals surface area contributed by atoms with Crippen molar-refractivity contribution in [3.8, 4) is 0 Å². The Bertz CT molecular complexity index is 175. The summed E-state index contributed by atoms with van der Waals surface area (Å²) in [5.41, 5.74) is 5.25. The van der Waals surface area contributed by atoms with E-state index < -0.39 is 9.84 Å². The third kappa shape index (κ3) is 6.31. The number of hydrogen-bond donors (Lipinski definition) is 1. The fourth-order valence-corrected chi connectivity index (χ4v) is 1.59. The van der Waals surface area contributed by atoms with Gasteiger partial charge in [0.2, 0.25) is 0 Å². The van der Waals surface area contributed by atoms with Crippen molar-refractivity contribution >= 4 is 9.84 Å². The van der Waals surface area contributed by atoms with Crippen LogP contribution in [0.4, 0.5) is 0 Å². The van der Waals surface area contributed by atoms with Gasteiger partial charge in [0.05, 0.1) is 11.5 Å². The normalized spacial score (nSPS) is 11.8. The number of sulfone groups is 1. The van der Waals surface area contributed by atoms with Crippen LogP contribution in [0.2, 0.25) is 0 Å². The zero-order chi connectivity index (χ0) is 8.74. The summed E-state index contributed by atoms with van der Waals surface area (Å²) in [7, 11) is -2.85. The highest BCUT2D eigenvalue weighted by Gasteiger charge is 2.05. The second-order valence-corrected chi connectivity index (χ2v) is 4.80. The van der Waals surface area contributed by atoms with E-state index in [4.69, 9.17) is 5.73 Å². The quantitative estimate of drug-likeness (QED) is 0.598. The molecule has 0 fully saturated rings. The molecule has 0 aromatic carbocycles. The van der Waals surface area contributed by atoms with Crippen LogP contribution in [0.1, 0.15) is 19.3 Å². The highest BCUT2D eigenvalue weighted by Crippen LogP contribution is 1.98. The summed E-state index contributed by atoms with van der Waals surface area (Å²) in [6.07, 6.45) is 2.53. The van der Waals surface area contributed by atoms with Gasteiger partial charge in [-0.1, -0.05) is 6.42 Å². The third-order valence-corrected chi connectivity index (χ3v) is 3.00. The SMILES string of the molecule is [CH2]CS(=O)(=O)CCCCCN. The molecular weight excluding hydrogens is 162 g/mol. The van der Waals surface area contributed by atoms with Gasteiger partial charge < -0.3 is 5.73 Å². The van der Waals surface area contributed by atoms with E-state index in [2.05, 4.69) is 6.92 Å². The minimum Gasteiger partial charge on any atom is -0.330 e. The summed E-state index contributed by atoms with van der Waals surface area (Å²) in [5, 5.41) is 0. The first-order valence-electron chi connectivity index (χ1n) is 3.82. The molecule has 0 spiro atoms. The van der Waals surface area contributed by atoms with Gasteiger partial charge in [0.1, 0.15) is 9.84 Å². The fraction of sp³-hybridized carbons (Fsp3) is 0.857. The number of nitrogens with two attached hydrogens (primary N) is 1. The van der Waals surface area contributed by atoms with E-state index >= 15 is 0 Å². The molecule has 0 aromatic heterocycles. The molecule has 67 valence electrons. The van der Waals surface area contributed by atoms with Crippen LogP contribution < -0.4 is 5.73 Å². The van der Waals surface area contributed by atoms with Gasteiger partial charge in [-0.15, -0.1) is 0 Å². The van der Waals surface area contributed by atoms with Crippen LogP contribution in [0, 0.1) is 6.92 Å². The van der Waals surface area contributed by atoms with E-state index in [0.717, 1.165) is 19.3 Å². The van der Waals surface area contributed by atoms with E-state index in [-0.39, 0.29) is 11.5 Å². The average Bonchev–Trinajstić information content (AvgIpc) is 1.99. The van der Waals surface area contributed by atoms with Crippen LogP contribution in [0.25, 0.3) is 0 Å². The molecule has 4 heteroatoms. The second kappa shape index (κ2) is 5.55. The van der Waals surface area contributed by atoms with Crippen molar-refractivity contribution in [1.29, 1.82) is 0 Å². The molecule has 0 aliphatic rings. The first-order valence-corrected chi connectivity index (χ1v) is 5.64. The Hall–Kier alpha value is -0.0900. The minimum atomic E-state index is -2.85. The maximum Gasteiger partial charge on any atom is 0.150 e. The van der Waals surface area contributed by atoms with Crippen LogP contribution in [0.5, 0.6) is 0 Å². The van der Waals surface area contributed by atoms with Crippen molar-refractivity contribution in [2.45, 2.75) is 19.3 Å². The van der Waals surface area contributed by atoms with Gasteiger partial charge in [0, 0.05) is 0 Å². The van der Waals surface area contributed by atoms with Gasteiger partial charge in [-0.05, 0) is 26.3 Å². The molecule has 0 rings (SSSR count). The maximum atomic E-state index is 10.9. The lowest BCUT2D eigenvalue weighted by Gasteiger charge is -1.99. The van der Waals surface area contributed by atoms with Crippen LogP contribution in [0.15, 0.2) is 0 Å². The summed E-state index contributed by atoms with van der Waals surface area (Å²) in [6.45, 7) is 3.99. The zero-order valence-corrected chi connectivity index (χ0v) is 7.57. The van der Waals surface area contributed by atoms with Crippen molar-refractivity contribution in [3.63, 3.8) is 0 Å². The maximum absolute atomic E-state index is 10.9. The molecule has 3 nitrogen and oxygen atoms in total. The largest absolute Gasteiger partial charge is 0.330 e. The van der Waals surface area contributed by atoms with Gasteiger partial charge in [-0.3, -0.25) is 0 Å². The Balaban J connectivity index is 3.39. The molecule has 0 aliphatic carbocycles. The van der Waals surface area contributed by atoms with Crippen molar-refractivity contribution in [1.82, 2.24) is 0 Å². The second-order valence-electron chi connectivity index (χ2n) is 2.50. The molecule has 11 heavy (non-hydrogen) atoms. The predicted molar refractivity (Wildman–Crippen MR) is 46.9 cm³/mol. The van der Waals surface area contributed by atoms with Gasteiger partial charge in [0.25, 0.3) is 0 Å². The fourth-order valence-electron chi connectivity index (χ4n) is 0.745. The standard InChI is InChI=1S/C7H16NO2S/c1-2-11(9,10)7-5-3-4-6-8/h1-8H2. The van der Waals surface area contributed by atoms with E-state index in [0.29, 0.717) is 6.54 Å². The summed E-state index contributed by atoms with van der Waals surface area (Å²) in [6, 6.07) is 0. The molecule has 0 amide bonds. The molecule has 0 saturated carbocycles. The molecule has 2 N–H and O–H groups in total. The lowest BCUT2D eigenvalue weighted by molar-refractivity contribution is 0.592. The van der Waals surface area contributed by atoms with Gasteiger partial charge in [0.15, 0.2) is 0 Å². The topological polar surface area (TPSA) is 60.2 Å². The number of hydrogen-bond acceptors (Lipinski definition) is 3. The van der Waals surface area contributed by atoms with Gasteiger partial charge in [-0.25, -0.2) is 8.42 Å². The predicted octanol–water partition coefficient (Wildman–Crippen LogP) is 0.364. The van der Waals surface area contributed by atoms with E-state index in [1.165, 1.54) is 0 Å². The Kier molecular flexibility index (Phi) is 5.50. The summed E-state index contributed by atoms with van der Waals surface area (Å²) in [4.78, 5) is 0. The Morgan fingerprint density at radius 3 is 2.27 bits per heavy atom. The smallest absolute Gasteiger partial charge is 0.150 e. The molecule has 0 aromatic rings. The highest BCUT2D eigenvalue weighted by molar-refractivity contribution is 7.91. The van der Waals surface area contributed by atoms with E-state index in [1.54, 1.807) is 0 Å². The Morgan fingerprint density at radius 1 is 1.18 bits per heavy atom. The molecule has 0 aliphatic heterocycles. The molecule has 1 radical (unpaired) electrons. The van der Waals surface area contributed by atoms with Crippen molar-refractivity contribution in [2.75, 3.05) is 18.1 Å². The van der Waals surface area contributed by atoms with Crippen LogP contribution >= 0.6 is 0 Å². The third-order valence-electron chi connectivity index (χ3n) is 1.47. The first-order chi connectivity index (χ1) is 5.12. The van der Waals surface area contributed by atoms with E-state index in [1.807, 2.05) is 0 Å². The molecular formula is C7H16NO2S. The monoisotopic (exact) mass is 178 g/mol. The Morgan fingerprint density at radius 2 is 1.82 bits per heavy atom. The van der Waals surface area contributed by atoms with Crippen molar-refractivity contribution in [3.05, 3.63) is 6.92 Å². The molecule has 0 bridgehead atoms. The van der Waals surface area contributed by atoms with Gasteiger partial charge >= 0.3 is 0 Å². The van der Waals surface area contributed by atoms with Crippen LogP contribution in [-0.4, -0.2) is 26.5 Å². The molecule has 0 unspecified atom stereocenters. The zero-order valence-electron chi connectivity index (χ0n) is 6.75. The molecule has 0 atom stereocenters. The first kappa shape index (κ1) is 10.9. The summed E-state index contributed by atoms with van der Waals surface area (Å²) < 4.78 is 21.7. The summed E-state index contributed by atoms with van der Waals surface area (Å²) >= 11 is 0.